The number of alkyl halides is 3. The zero-order chi connectivity index (χ0) is 23.6. The molecule has 1 unspecified atom stereocenters. The molecule has 32 heavy (non-hydrogen) atoms. The van der Waals surface area contributed by atoms with Gasteiger partial charge in [0, 0.05) is 39.1 Å². The summed E-state index contributed by atoms with van der Waals surface area (Å²) in [7, 11) is -1.33. The fourth-order valence-corrected chi connectivity index (χ4v) is 6.18. The molecule has 1 atom stereocenters. The zero-order valence-electron chi connectivity index (χ0n) is 17.7. The van der Waals surface area contributed by atoms with E-state index in [1.807, 2.05) is 6.07 Å². The molecule has 13 heteroatoms. The number of carboxylic acids is 1. The molecule has 2 aliphatic heterocycles. The Morgan fingerprint density at radius 2 is 1.81 bits per heavy atom. The molecule has 180 valence electrons. The van der Waals surface area contributed by atoms with Gasteiger partial charge in [0.2, 0.25) is 16.0 Å². The van der Waals surface area contributed by atoms with Gasteiger partial charge in [-0.1, -0.05) is 0 Å². The van der Waals surface area contributed by atoms with Gasteiger partial charge >= 0.3 is 12.1 Å². The number of carboxylic acid groups (broad SMARTS) is 1. The first-order chi connectivity index (χ1) is 15.0. The predicted octanol–water partition coefficient (Wildman–Crippen LogP) is 1.91. The number of carbonyl (C=O) groups is 1. The highest BCUT2D eigenvalue weighted by molar-refractivity contribution is 7.90. The van der Waals surface area contributed by atoms with E-state index < -0.39 is 22.2 Å². The number of nitrogens with zero attached hydrogens (tertiary/aromatic N) is 4. The van der Waals surface area contributed by atoms with E-state index in [0.717, 1.165) is 44.6 Å². The number of aromatic nitrogens is 2. The second kappa shape index (κ2) is 9.48. The third-order valence-corrected chi connectivity index (χ3v) is 8.51. The van der Waals surface area contributed by atoms with E-state index in [0.29, 0.717) is 19.7 Å². The van der Waals surface area contributed by atoms with Crippen LogP contribution in [0, 0.1) is 5.41 Å². The van der Waals surface area contributed by atoms with Crippen molar-refractivity contribution in [2.24, 2.45) is 5.41 Å². The molecule has 3 aliphatic rings. The van der Waals surface area contributed by atoms with E-state index in [4.69, 9.17) is 14.6 Å². The lowest BCUT2D eigenvalue weighted by atomic mass is 9.77. The first kappa shape index (κ1) is 24.6. The Bertz CT molecular complexity index is 888. The number of rotatable bonds is 5. The molecule has 1 spiro atoms. The van der Waals surface area contributed by atoms with Crippen LogP contribution in [0.5, 0.6) is 0 Å². The van der Waals surface area contributed by atoms with Crippen LogP contribution in [0.15, 0.2) is 18.5 Å². The van der Waals surface area contributed by atoms with Gasteiger partial charge in [0.1, 0.15) is 0 Å². The van der Waals surface area contributed by atoms with Crippen LogP contribution in [-0.4, -0.2) is 84.6 Å². The number of ether oxygens (including phenoxy) is 1. The van der Waals surface area contributed by atoms with Crippen molar-refractivity contribution < 1.29 is 36.2 Å². The summed E-state index contributed by atoms with van der Waals surface area (Å²) < 4.78 is 63.8. The monoisotopic (exact) mass is 480 g/mol. The molecule has 1 N–H and O–H groups in total. The molecule has 0 radical (unpaired) electrons. The summed E-state index contributed by atoms with van der Waals surface area (Å²) in [6.45, 7) is 2.80. The SMILES string of the molecule is COCC1CC2(CCN(S(=O)(=O)C3CC3)CC2)CN1c1ncccn1.O=C(O)C(F)(F)F. The van der Waals surface area contributed by atoms with E-state index in [9.17, 15) is 21.6 Å². The van der Waals surface area contributed by atoms with Gasteiger partial charge in [0.15, 0.2) is 0 Å². The Kier molecular flexibility index (Phi) is 7.30. The van der Waals surface area contributed by atoms with Crippen molar-refractivity contribution in [1.29, 1.82) is 0 Å². The van der Waals surface area contributed by atoms with Crippen molar-refractivity contribution >= 4 is 21.9 Å². The summed E-state index contributed by atoms with van der Waals surface area (Å²) in [6.07, 6.45) is 2.93. The first-order valence-corrected chi connectivity index (χ1v) is 11.8. The Hall–Kier alpha value is -1.99. The highest BCUT2D eigenvalue weighted by Crippen LogP contribution is 2.45. The second-order valence-electron chi connectivity index (χ2n) is 8.44. The number of methoxy groups -OCH3 is 1. The second-order valence-corrected chi connectivity index (χ2v) is 10.6. The molecule has 2 saturated heterocycles. The number of aliphatic carboxylic acids is 1. The quantitative estimate of drug-likeness (QED) is 0.680. The fourth-order valence-electron chi connectivity index (χ4n) is 4.33. The minimum atomic E-state index is -5.08. The van der Waals surface area contributed by atoms with Gasteiger partial charge in [-0.05, 0) is 43.6 Å². The maximum Gasteiger partial charge on any atom is 0.490 e. The fraction of sp³-hybridized carbons (Fsp3) is 0.737. The molecule has 4 rings (SSSR count). The molecule has 0 aromatic carbocycles. The van der Waals surface area contributed by atoms with Crippen molar-refractivity contribution in [2.75, 3.05) is 38.3 Å². The molecule has 1 aliphatic carbocycles. The summed E-state index contributed by atoms with van der Waals surface area (Å²) >= 11 is 0. The average molecular weight is 481 g/mol. The van der Waals surface area contributed by atoms with E-state index in [-0.39, 0.29) is 16.7 Å². The molecule has 1 saturated carbocycles. The minimum absolute atomic E-state index is 0.111. The van der Waals surface area contributed by atoms with E-state index in [1.165, 1.54) is 0 Å². The summed E-state index contributed by atoms with van der Waals surface area (Å²) in [5, 5.41) is 7.01. The number of hydrogen-bond donors (Lipinski definition) is 1. The molecule has 3 fully saturated rings. The van der Waals surface area contributed by atoms with E-state index >= 15 is 0 Å². The molecule has 1 aromatic heterocycles. The van der Waals surface area contributed by atoms with Gasteiger partial charge in [0.05, 0.1) is 17.9 Å². The van der Waals surface area contributed by atoms with Crippen molar-refractivity contribution in [3.8, 4) is 0 Å². The summed E-state index contributed by atoms with van der Waals surface area (Å²) in [5.74, 6) is -2.01. The van der Waals surface area contributed by atoms with Crippen LogP contribution in [0.1, 0.15) is 32.1 Å². The highest BCUT2D eigenvalue weighted by atomic mass is 32.2. The van der Waals surface area contributed by atoms with Crippen LogP contribution < -0.4 is 4.90 Å². The van der Waals surface area contributed by atoms with Crippen molar-refractivity contribution in [3.05, 3.63) is 18.5 Å². The summed E-state index contributed by atoms with van der Waals surface area (Å²) in [6, 6.07) is 2.07. The van der Waals surface area contributed by atoms with Crippen LogP contribution >= 0.6 is 0 Å². The van der Waals surface area contributed by atoms with Crippen LogP contribution in [0.4, 0.5) is 19.1 Å². The van der Waals surface area contributed by atoms with E-state index in [1.54, 1.807) is 23.8 Å². The number of sulfonamides is 1. The van der Waals surface area contributed by atoms with Crippen LogP contribution in [0.25, 0.3) is 0 Å². The lowest BCUT2D eigenvalue weighted by Crippen LogP contribution is -2.45. The Balaban J connectivity index is 0.000000360. The van der Waals surface area contributed by atoms with Gasteiger partial charge in [-0.3, -0.25) is 0 Å². The number of halogens is 3. The third-order valence-electron chi connectivity index (χ3n) is 6.11. The van der Waals surface area contributed by atoms with Crippen molar-refractivity contribution in [3.63, 3.8) is 0 Å². The normalized spacial score (nSPS) is 23.6. The van der Waals surface area contributed by atoms with Crippen LogP contribution in [0.3, 0.4) is 0 Å². The molecular weight excluding hydrogens is 453 g/mol. The minimum Gasteiger partial charge on any atom is -0.475 e. The van der Waals surface area contributed by atoms with Crippen molar-refractivity contribution in [2.45, 2.75) is 49.6 Å². The van der Waals surface area contributed by atoms with Crippen LogP contribution in [-0.2, 0) is 19.6 Å². The molecular formula is C19H27F3N4O5S. The molecule has 9 nitrogen and oxygen atoms in total. The van der Waals surface area contributed by atoms with Gasteiger partial charge in [-0.2, -0.15) is 13.2 Å². The highest BCUT2D eigenvalue weighted by Gasteiger charge is 2.49. The maximum absolute atomic E-state index is 12.5. The van der Waals surface area contributed by atoms with E-state index in [2.05, 4.69) is 14.9 Å². The summed E-state index contributed by atoms with van der Waals surface area (Å²) in [5.41, 5.74) is 0.137. The topological polar surface area (TPSA) is 113 Å². The smallest absolute Gasteiger partial charge is 0.475 e. The largest absolute Gasteiger partial charge is 0.490 e. The number of piperidine rings is 1. The van der Waals surface area contributed by atoms with Gasteiger partial charge < -0.3 is 14.7 Å². The van der Waals surface area contributed by atoms with Gasteiger partial charge in [0.25, 0.3) is 0 Å². The van der Waals surface area contributed by atoms with Gasteiger partial charge in [-0.25, -0.2) is 27.5 Å². The zero-order valence-corrected chi connectivity index (χ0v) is 18.5. The lowest BCUT2D eigenvalue weighted by molar-refractivity contribution is -0.192. The van der Waals surface area contributed by atoms with Crippen molar-refractivity contribution in [1.82, 2.24) is 14.3 Å². The Morgan fingerprint density at radius 1 is 1.25 bits per heavy atom. The first-order valence-electron chi connectivity index (χ1n) is 10.3. The maximum atomic E-state index is 12.5. The summed E-state index contributed by atoms with van der Waals surface area (Å²) in [4.78, 5) is 20.0. The predicted molar refractivity (Wildman–Crippen MR) is 109 cm³/mol. The molecule has 0 amide bonds. The standard InChI is InChI=1S/C17H26N4O3S.C2HF3O2/c1-24-12-14-11-17(13-21(14)16-18-7-2-8-19-16)5-9-20(10-6-17)25(22,23)15-3-4-15;3-2(4,5)1(6)7/h2,7-8,14-15H,3-6,9-13H2,1H3;(H,6,7). The molecule has 3 heterocycles. The third kappa shape index (κ3) is 5.67. The Labute approximate surface area is 184 Å². The number of hydrogen-bond acceptors (Lipinski definition) is 7. The lowest BCUT2D eigenvalue weighted by Gasteiger charge is -2.38. The molecule has 1 aromatic rings. The molecule has 0 bridgehead atoms. The van der Waals surface area contributed by atoms with Crippen LogP contribution in [0.2, 0.25) is 0 Å². The average Bonchev–Trinajstić information content (AvgIpc) is 3.54. The Morgan fingerprint density at radius 3 is 2.28 bits per heavy atom. The number of anilines is 1. The van der Waals surface area contributed by atoms with Gasteiger partial charge in [-0.15, -0.1) is 0 Å².